The molecule has 0 unspecified atom stereocenters. The van der Waals surface area contributed by atoms with Gasteiger partial charge in [0.15, 0.2) is 0 Å². The zero-order valence-electron chi connectivity index (χ0n) is 12.5. The van der Waals surface area contributed by atoms with Gasteiger partial charge in [-0.15, -0.1) is 0 Å². The molecule has 6 nitrogen and oxygen atoms in total. The predicted octanol–water partition coefficient (Wildman–Crippen LogP) is 2.33. The number of benzene rings is 1. The molecule has 0 bridgehead atoms. The van der Waals surface area contributed by atoms with Crippen molar-refractivity contribution in [1.29, 1.82) is 5.26 Å². The Morgan fingerprint density at radius 2 is 2.13 bits per heavy atom. The molecule has 114 valence electrons. The van der Waals surface area contributed by atoms with E-state index in [2.05, 4.69) is 10.3 Å². The number of hydrogen-bond donors (Lipinski definition) is 1. The minimum absolute atomic E-state index is 0.131. The highest BCUT2D eigenvalue weighted by atomic mass is 16.2. The van der Waals surface area contributed by atoms with E-state index in [9.17, 15) is 9.59 Å². The van der Waals surface area contributed by atoms with Crippen molar-refractivity contribution in [1.82, 2.24) is 4.98 Å². The Hall–Kier alpha value is -3.20. The molecule has 1 aromatic carbocycles. The maximum Gasteiger partial charge on any atom is 0.277 e. The van der Waals surface area contributed by atoms with Gasteiger partial charge in [0.1, 0.15) is 11.8 Å². The summed E-state index contributed by atoms with van der Waals surface area (Å²) in [7, 11) is 0. The van der Waals surface area contributed by atoms with Gasteiger partial charge in [0.25, 0.3) is 5.91 Å². The van der Waals surface area contributed by atoms with E-state index in [0.717, 1.165) is 0 Å². The van der Waals surface area contributed by atoms with Crippen LogP contribution >= 0.6 is 0 Å². The monoisotopic (exact) mass is 306 g/mol. The number of pyridine rings is 1. The first-order valence-electron chi connectivity index (χ1n) is 7.18. The maximum atomic E-state index is 12.9. The lowest BCUT2D eigenvalue weighted by atomic mass is 10.1. The van der Waals surface area contributed by atoms with Crippen molar-refractivity contribution in [2.75, 3.05) is 10.2 Å². The van der Waals surface area contributed by atoms with Crippen molar-refractivity contribution in [3.05, 3.63) is 53.9 Å². The van der Waals surface area contributed by atoms with E-state index < -0.39 is 0 Å². The van der Waals surface area contributed by atoms with Gasteiger partial charge in [0.05, 0.1) is 16.9 Å². The summed E-state index contributed by atoms with van der Waals surface area (Å²) >= 11 is 0. The van der Waals surface area contributed by atoms with Gasteiger partial charge in [-0.05, 0) is 31.2 Å². The van der Waals surface area contributed by atoms with Gasteiger partial charge in [-0.1, -0.05) is 12.1 Å². The number of carbonyl (C=O) groups excluding carboxylic acids is 2. The van der Waals surface area contributed by atoms with Gasteiger partial charge in [-0.3, -0.25) is 9.59 Å². The molecule has 3 rings (SSSR count). The molecule has 1 aliphatic heterocycles. The Labute approximate surface area is 133 Å². The number of carbonyl (C=O) groups is 2. The van der Waals surface area contributed by atoms with Crippen molar-refractivity contribution >= 4 is 23.2 Å². The Bertz CT molecular complexity index is 808. The quantitative estimate of drug-likeness (QED) is 0.876. The molecule has 0 radical (unpaired) electrons. The van der Waals surface area contributed by atoms with Crippen molar-refractivity contribution < 1.29 is 9.59 Å². The SMILES string of the molecule is C[C@@H]1CC(=O)Nc2ccccc2N1C(=O)c1ccc(C#N)cn1. The summed E-state index contributed by atoms with van der Waals surface area (Å²) in [6.07, 6.45) is 1.57. The van der Waals surface area contributed by atoms with Crippen LogP contribution in [-0.4, -0.2) is 22.8 Å². The van der Waals surface area contributed by atoms with Crippen LogP contribution in [0, 0.1) is 11.3 Å². The van der Waals surface area contributed by atoms with E-state index in [1.165, 1.54) is 12.3 Å². The second-order valence-electron chi connectivity index (χ2n) is 5.34. The molecular weight excluding hydrogens is 292 g/mol. The van der Waals surface area contributed by atoms with Crippen LogP contribution in [-0.2, 0) is 4.79 Å². The average Bonchev–Trinajstić information content (AvgIpc) is 2.68. The van der Waals surface area contributed by atoms with Crippen molar-refractivity contribution in [2.45, 2.75) is 19.4 Å². The van der Waals surface area contributed by atoms with Gasteiger partial charge in [0, 0.05) is 18.7 Å². The average molecular weight is 306 g/mol. The molecular formula is C17H14N4O2. The number of nitrogens with one attached hydrogen (secondary N) is 1. The fourth-order valence-electron chi connectivity index (χ4n) is 2.61. The number of aromatic nitrogens is 1. The third kappa shape index (κ3) is 2.77. The molecule has 1 atom stereocenters. The first-order valence-corrected chi connectivity index (χ1v) is 7.18. The fraction of sp³-hybridized carbons (Fsp3) is 0.176. The lowest BCUT2D eigenvalue weighted by molar-refractivity contribution is -0.116. The van der Waals surface area contributed by atoms with E-state index in [1.54, 1.807) is 29.2 Å². The number of fused-ring (bicyclic) bond motifs is 1. The number of rotatable bonds is 1. The summed E-state index contributed by atoms with van der Waals surface area (Å²) in [5, 5.41) is 11.6. The zero-order valence-corrected chi connectivity index (χ0v) is 12.5. The maximum absolute atomic E-state index is 12.9. The third-order valence-electron chi connectivity index (χ3n) is 3.69. The highest BCUT2D eigenvalue weighted by Crippen LogP contribution is 2.32. The Balaban J connectivity index is 2.04. The minimum Gasteiger partial charge on any atom is -0.324 e. The Morgan fingerprint density at radius 3 is 2.83 bits per heavy atom. The van der Waals surface area contributed by atoms with Gasteiger partial charge in [-0.2, -0.15) is 5.26 Å². The topological polar surface area (TPSA) is 86.1 Å². The number of hydrogen-bond acceptors (Lipinski definition) is 4. The predicted molar refractivity (Wildman–Crippen MR) is 84.9 cm³/mol. The van der Waals surface area contributed by atoms with E-state index in [4.69, 9.17) is 5.26 Å². The van der Waals surface area contributed by atoms with E-state index in [1.807, 2.05) is 19.1 Å². The summed E-state index contributed by atoms with van der Waals surface area (Å²) in [5.74, 6) is -0.432. The second kappa shape index (κ2) is 5.89. The van der Waals surface area contributed by atoms with E-state index in [-0.39, 0.29) is 30.0 Å². The van der Waals surface area contributed by atoms with Crippen LogP contribution in [0.3, 0.4) is 0 Å². The molecule has 0 aliphatic carbocycles. The molecule has 0 fully saturated rings. The van der Waals surface area contributed by atoms with Crippen LogP contribution in [0.25, 0.3) is 0 Å². The lowest BCUT2D eigenvalue weighted by Crippen LogP contribution is -2.39. The first-order chi connectivity index (χ1) is 11.1. The third-order valence-corrected chi connectivity index (χ3v) is 3.69. The van der Waals surface area contributed by atoms with Crippen LogP contribution in [0.15, 0.2) is 42.6 Å². The van der Waals surface area contributed by atoms with Gasteiger partial charge >= 0.3 is 0 Å². The lowest BCUT2D eigenvalue weighted by Gasteiger charge is -2.27. The Kier molecular flexibility index (Phi) is 3.77. The van der Waals surface area contributed by atoms with E-state index >= 15 is 0 Å². The molecule has 23 heavy (non-hydrogen) atoms. The molecule has 0 spiro atoms. The molecule has 2 heterocycles. The van der Waals surface area contributed by atoms with Crippen LogP contribution in [0.5, 0.6) is 0 Å². The fourth-order valence-corrected chi connectivity index (χ4v) is 2.61. The number of para-hydroxylation sites is 2. The summed E-state index contributed by atoms with van der Waals surface area (Å²) in [6.45, 7) is 1.82. The number of anilines is 2. The molecule has 1 aromatic heterocycles. The van der Waals surface area contributed by atoms with Crippen LogP contribution < -0.4 is 10.2 Å². The van der Waals surface area contributed by atoms with Crippen molar-refractivity contribution in [3.8, 4) is 6.07 Å². The molecule has 1 N–H and O–H groups in total. The molecule has 0 saturated heterocycles. The normalized spacial score (nSPS) is 16.8. The number of nitrogens with zero attached hydrogens (tertiary/aromatic N) is 3. The molecule has 6 heteroatoms. The smallest absolute Gasteiger partial charge is 0.277 e. The second-order valence-corrected chi connectivity index (χ2v) is 5.34. The standard InChI is InChI=1S/C17H14N4O2/c1-11-8-16(22)20-13-4-2-3-5-15(13)21(11)17(23)14-7-6-12(9-18)10-19-14/h2-7,10-11H,8H2,1H3,(H,20,22)/t11-/m1/s1. The van der Waals surface area contributed by atoms with Gasteiger partial charge in [0.2, 0.25) is 5.91 Å². The zero-order chi connectivity index (χ0) is 16.4. The molecule has 2 aromatic rings. The highest BCUT2D eigenvalue weighted by Gasteiger charge is 2.30. The van der Waals surface area contributed by atoms with E-state index in [0.29, 0.717) is 16.9 Å². The largest absolute Gasteiger partial charge is 0.324 e. The molecule has 0 saturated carbocycles. The first kappa shape index (κ1) is 14.7. The van der Waals surface area contributed by atoms with Gasteiger partial charge in [-0.25, -0.2) is 4.98 Å². The highest BCUT2D eigenvalue weighted by molar-refractivity contribution is 6.10. The molecule has 2 amide bonds. The summed E-state index contributed by atoms with van der Waals surface area (Å²) < 4.78 is 0. The summed E-state index contributed by atoms with van der Waals surface area (Å²) in [5.41, 5.74) is 1.87. The summed E-state index contributed by atoms with van der Waals surface area (Å²) in [4.78, 5) is 30.5. The summed E-state index contributed by atoms with van der Waals surface area (Å²) in [6, 6.07) is 11.9. The van der Waals surface area contributed by atoms with Crippen LogP contribution in [0.1, 0.15) is 29.4 Å². The minimum atomic E-state index is -0.302. The van der Waals surface area contributed by atoms with Crippen molar-refractivity contribution in [3.63, 3.8) is 0 Å². The number of nitriles is 1. The Morgan fingerprint density at radius 1 is 1.35 bits per heavy atom. The van der Waals surface area contributed by atoms with Crippen LogP contribution in [0.4, 0.5) is 11.4 Å². The van der Waals surface area contributed by atoms with Crippen molar-refractivity contribution in [2.24, 2.45) is 0 Å². The van der Waals surface area contributed by atoms with Crippen LogP contribution in [0.2, 0.25) is 0 Å². The molecule has 1 aliphatic rings. The number of amides is 2. The van der Waals surface area contributed by atoms with Gasteiger partial charge < -0.3 is 10.2 Å².